The Labute approximate surface area is 749 Å². The van der Waals surface area contributed by atoms with E-state index in [0.29, 0.717) is 62.1 Å². The van der Waals surface area contributed by atoms with Crippen LogP contribution in [-0.2, 0) is 132 Å². The molecule has 10 heterocycles. The van der Waals surface area contributed by atoms with E-state index in [4.69, 9.17) is 39.9 Å². The van der Waals surface area contributed by atoms with E-state index in [1.165, 1.54) is 27.9 Å². The Morgan fingerprint density at radius 2 is 0.909 bits per heavy atom. The Hall–Kier alpha value is -7.36. The predicted molar refractivity (Wildman–Crippen MR) is 441 cm³/mol. The molecule has 4 aromatic rings. The number of amides is 3. The van der Waals surface area contributed by atoms with Gasteiger partial charge in [0.15, 0.2) is 17.4 Å². The summed E-state index contributed by atoms with van der Waals surface area (Å²) in [6.07, 6.45) is 35.5. The first-order valence-corrected chi connectivity index (χ1v) is 43.2. The van der Waals surface area contributed by atoms with Gasteiger partial charge in [0.1, 0.15) is 46.5 Å². The van der Waals surface area contributed by atoms with Crippen LogP contribution in [0.4, 0.5) is 0 Å². The van der Waals surface area contributed by atoms with Crippen molar-refractivity contribution in [2.75, 3.05) is 19.6 Å². The Balaban J connectivity index is 0.000000223. The van der Waals surface area contributed by atoms with Gasteiger partial charge in [-0.3, -0.25) is 28.8 Å². The zero-order valence-corrected chi connectivity index (χ0v) is 77.6. The summed E-state index contributed by atoms with van der Waals surface area (Å²) in [5, 5.41) is 0. The number of esters is 3. The van der Waals surface area contributed by atoms with E-state index in [1.807, 2.05) is 121 Å². The molecule has 13 rings (SSSR count). The van der Waals surface area contributed by atoms with Gasteiger partial charge in [-0.25, -0.2) is 43.2 Å². The number of ether oxygens (including phenoxy) is 6. The van der Waals surface area contributed by atoms with E-state index >= 15 is 0 Å². The molecule has 4 N–H and O–H groups in total. The van der Waals surface area contributed by atoms with Crippen molar-refractivity contribution < 1.29 is 127 Å². The molecule has 3 saturated carbocycles. The minimum absolute atomic E-state index is 0. The van der Waals surface area contributed by atoms with Crippen LogP contribution in [0.15, 0.2) is 48.0 Å². The monoisotopic (exact) mass is 1780 g/mol. The molecule has 661 valence electrons. The number of imidazole rings is 1. The third-order valence-electron chi connectivity index (χ3n) is 26.7. The number of aryl methyl sites for hydroxylation is 2. The van der Waals surface area contributed by atoms with Gasteiger partial charge in [0, 0.05) is 110 Å². The fourth-order valence-corrected chi connectivity index (χ4v) is 18.8. The number of hydrogen-bond donors (Lipinski definition) is 2. The molecule has 6 fully saturated rings. The molecule has 3 aliphatic carbocycles. The van der Waals surface area contributed by atoms with E-state index in [2.05, 4.69) is 50.0 Å². The zero-order chi connectivity index (χ0) is 85.6. The molecule has 4 aromatic heterocycles. The van der Waals surface area contributed by atoms with Gasteiger partial charge in [-0.05, 0) is 150 Å². The van der Waals surface area contributed by atoms with E-state index in [1.54, 1.807) is 28.3 Å². The number of carbonyl (C=O) groups excluding carboxylic acids is 9. The van der Waals surface area contributed by atoms with Crippen LogP contribution in [0.1, 0.15) is 262 Å². The second-order valence-corrected chi connectivity index (χ2v) is 38.2. The SMILES string of the molecule is CC[C@@H]1[C@@H]2CN(C(=O)[C@H](C(C)(C)C)CC(=O)O[C@]3(C)C[C@H]3CCCCCc3cn4ccnc4cc3O2)[C@@H]1[C-]=O.CC[C@@H]1[C@@H]2CN(C(=O)[C@H](C(C)(C)C)CC(=O)O[C@]3(C)C[C@H]3CCCCCc3nc(C=CN)ncc3O2)[C@@H]1[C-]=O.CC[C@@H]1[C@@H]2CN(C(=O)[C@H](C(C)(C)C)CC(=O)O[C@]3(C)C[C@H]3CCCCCn3c(nc(C=CN)nc3=O)O2)[C@@H]1[C-]=O.[V].[V].[V]. The normalized spacial score (nSPS) is 31.5. The van der Waals surface area contributed by atoms with Crippen LogP contribution in [0.2, 0.25) is 0 Å². The predicted octanol–water partition coefficient (Wildman–Crippen LogP) is 11.5. The molecule has 9 aliphatic rings. The standard InChI is InChI=1S/C31H42N3O5.C30H43N4O5.C29H42N5O6.3V/c1-6-22-24(19-35)34-18-26(22)38-25-15-27-32-12-13-33(27)17-20(25)10-8-7-9-11-21-16-31(21,5)39-28(36)14-23(29(34)37)30(2,3)4;1-6-20-23(18-35)34-17-25(20)38-24-16-32-26(12-13-31)33-22(24)11-9-7-8-10-19-15-30(19,5)39-27(36)14-21(28(34)37)29(2,3)4;1-6-19-21(17-35)34-16-22(19)39-27-32-23(11-12-30)31-26(38)33(27)13-9-7-8-10-18-15-29(18,5)40-24(36)14-20(25(34)37)28(2,3)4;;;/h12-13,15,17,21-24,26H,6-11,14,16,18H2,1-5H3;12-13,16,19-21,23,25H,6-11,14-15,17,31H2,1-5H3;11-12,18-22H,6-10,13-16,30H2,1-5H3;;;/q3*-1;;;/t21-,22+,23-,24-,26+,31-;19-,20+,21-,23-,25+,30-;18-,19+,20-,21-,22+,29-;;;/m111.../s1. The van der Waals surface area contributed by atoms with Crippen molar-refractivity contribution in [1.82, 2.24) is 48.6 Å². The first kappa shape index (κ1) is 99.1. The van der Waals surface area contributed by atoms with Crippen molar-refractivity contribution >= 4 is 72.3 Å². The molecule has 6 aliphatic heterocycles. The number of hydrogen-bond acceptors (Lipinski definition) is 23. The van der Waals surface area contributed by atoms with Gasteiger partial charge in [-0.2, -0.15) is 9.97 Å². The minimum atomic E-state index is -0.860. The maximum absolute atomic E-state index is 14.0. The second-order valence-electron chi connectivity index (χ2n) is 38.2. The third kappa shape index (κ3) is 23.6. The van der Waals surface area contributed by atoms with Gasteiger partial charge in [0.2, 0.25) is 17.7 Å². The smallest absolute Gasteiger partial charge is 0.353 e. The number of carbonyl (C=O) groups is 6. The van der Waals surface area contributed by atoms with Crippen molar-refractivity contribution in [1.29, 1.82) is 0 Å². The van der Waals surface area contributed by atoms with Gasteiger partial charge in [0.25, 0.3) is 0 Å². The van der Waals surface area contributed by atoms with Crippen LogP contribution in [0, 0.1) is 69.5 Å². The molecule has 121 heavy (non-hydrogen) atoms. The number of pyridine rings is 1. The summed E-state index contributed by atoms with van der Waals surface area (Å²) >= 11 is 0. The van der Waals surface area contributed by atoms with Crippen molar-refractivity contribution in [2.45, 2.75) is 311 Å². The van der Waals surface area contributed by atoms with E-state index in [0.717, 1.165) is 119 Å². The summed E-state index contributed by atoms with van der Waals surface area (Å²) < 4.78 is 40.7. The number of rotatable bonds is 8. The van der Waals surface area contributed by atoms with Gasteiger partial charge < -0.3 is 73.4 Å². The summed E-state index contributed by atoms with van der Waals surface area (Å²) in [6, 6.07) is -0.291. The Kier molecular flexibility index (Phi) is 34.1. The first-order chi connectivity index (χ1) is 55.9. The fourth-order valence-electron chi connectivity index (χ4n) is 18.8. The summed E-state index contributed by atoms with van der Waals surface area (Å²) in [7, 11) is 0. The minimum Gasteiger partial charge on any atom is -0.540 e. The molecule has 3 saturated heterocycles. The van der Waals surface area contributed by atoms with Crippen LogP contribution in [0.5, 0.6) is 17.5 Å². The summed E-state index contributed by atoms with van der Waals surface area (Å²) in [5.74, 6) is -1.69. The average molecular weight is 1790 g/mol. The topological polar surface area (TPSA) is 362 Å². The number of nitrogens with zero attached hydrogens (tertiary/aromatic N) is 10. The molecule has 31 heteroatoms. The Morgan fingerprint density at radius 3 is 1.32 bits per heavy atom. The maximum atomic E-state index is 14.0. The molecule has 28 nitrogen and oxygen atoms in total. The van der Waals surface area contributed by atoms with Gasteiger partial charge in [-0.1, -0.05) is 159 Å². The summed E-state index contributed by atoms with van der Waals surface area (Å²) in [4.78, 5) is 158. The number of fused-ring (bicyclic) bond motifs is 13. The van der Waals surface area contributed by atoms with Crippen LogP contribution in [-0.4, -0.2) is 176 Å². The van der Waals surface area contributed by atoms with Crippen molar-refractivity contribution in [2.24, 2.45) is 81.0 Å². The van der Waals surface area contributed by atoms with Gasteiger partial charge >= 0.3 is 29.6 Å². The van der Waals surface area contributed by atoms with Crippen molar-refractivity contribution in [3.8, 4) is 17.5 Å². The van der Waals surface area contributed by atoms with Crippen LogP contribution in [0.3, 0.4) is 0 Å². The third-order valence-corrected chi connectivity index (χ3v) is 26.7. The Bertz CT molecular complexity index is 4430. The van der Waals surface area contributed by atoms with E-state index in [9.17, 15) is 47.9 Å². The van der Waals surface area contributed by atoms with Gasteiger partial charge in [0.05, 0.1) is 68.5 Å². The Morgan fingerprint density at radius 1 is 0.504 bits per heavy atom. The quantitative estimate of drug-likeness (QED) is 0.0940. The largest absolute Gasteiger partial charge is 0.540 e. The number of aromatic nitrogens is 7. The molecule has 3 radical (unpaired) electrons. The molecule has 0 aromatic carbocycles. The molecule has 0 unspecified atom stereocenters. The summed E-state index contributed by atoms with van der Waals surface area (Å²) in [5.41, 5.74) is 10.3. The molecular weight excluding hydrogens is 1660 g/mol. The van der Waals surface area contributed by atoms with Crippen LogP contribution in [0.25, 0.3) is 17.8 Å². The molecular formula is C90H127N12O16V3-3. The number of nitrogens with two attached hydrogens (primary N) is 2. The molecule has 0 spiro atoms. The van der Waals surface area contributed by atoms with Crippen molar-refractivity contribution in [3.05, 3.63) is 76.6 Å². The van der Waals surface area contributed by atoms with E-state index in [-0.39, 0.29) is 166 Å². The molecule has 3 amide bonds. The van der Waals surface area contributed by atoms with Gasteiger partial charge in [-0.15, -0.1) is 0 Å². The van der Waals surface area contributed by atoms with Crippen LogP contribution >= 0.6 is 0 Å². The molecule has 18 atom stereocenters. The van der Waals surface area contributed by atoms with Crippen LogP contribution < -0.4 is 31.4 Å². The second kappa shape index (κ2) is 41.6. The van der Waals surface area contributed by atoms with E-state index < -0.39 is 92.8 Å². The average Bonchev–Trinajstić information content (AvgIpc) is 1.63. The fraction of sp³-hybridized carbons (Fsp3) is 0.700. The first-order valence-electron chi connectivity index (χ1n) is 43.2. The molecule has 6 bridgehead atoms. The van der Waals surface area contributed by atoms with Crippen molar-refractivity contribution in [3.63, 3.8) is 0 Å². The summed E-state index contributed by atoms with van der Waals surface area (Å²) in [6.45, 7) is 30.3. The zero-order valence-electron chi connectivity index (χ0n) is 73.4. The maximum Gasteiger partial charge on any atom is 0.353 e.